The molecule has 0 radical (unpaired) electrons. The average molecular weight is 433 g/mol. The van der Waals surface area contributed by atoms with E-state index in [2.05, 4.69) is 9.84 Å². The molecule has 2 heterocycles. The van der Waals surface area contributed by atoms with E-state index in [4.69, 9.17) is 4.74 Å². The van der Waals surface area contributed by atoms with Crippen molar-refractivity contribution in [1.29, 1.82) is 0 Å². The van der Waals surface area contributed by atoms with Crippen molar-refractivity contribution in [2.45, 2.75) is 12.5 Å². The number of pyridine rings is 1. The van der Waals surface area contributed by atoms with Gasteiger partial charge in [0.1, 0.15) is 11.5 Å². The summed E-state index contributed by atoms with van der Waals surface area (Å²) < 4.78 is 85.6. The molecule has 0 saturated carbocycles. The zero-order valence-corrected chi connectivity index (χ0v) is 15.2. The van der Waals surface area contributed by atoms with Crippen molar-refractivity contribution >= 4 is 0 Å². The van der Waals surface area contributed by atoms with Crippen LogP contribution in [0, 0.1) is 0 Å². The maximum absolute atomic E-state index is 12.6. The molecule has 0 aliphatic heterocycles. The van der Waals surface area contributed by atoms with Gasteiger partial charge >= 0.3 is 12.5 Å². The molecular formula is C18H13F6N3O3. The zero-order chi connectivity index (χ0) is 22.1. The molecule has 0 aliphatic rings. The monoisotopic (exact) mass is 433 g/mol. The zero-order valence-electron chi connectivity index (χ0n) is 15.2. The molecule has 3 aromatic rings. The maximum atomic E-state index is 12.6. The van der Waals surface area contributed by atoms with Crippen molar-refractivity contribution < 1.29 is 35.8 Å². The first-order valence-electron chi connectivity index (χ1n) is 8.23. The Bertz CT molecular complexity index is 1080. The van der Waals surface area contributed by atoms with Gasteiger partial charge in [0.05, 0.1) is 6.20 Å². The second-order valence-electron chi connectivity index (χ2n) is 6.11. The van der Waals surface area contributed by atoms with Crippen LogP contribution < -0.4 is 15.0 Å². The average Bonchev–Trinajstić information content (AvgIpc) is 3.05. The summed E-state index contributed by atoms with van der Waals surface area (Å²) in [6, 6.07) is 5.28. The van der Waals surface area contributed by atoms with E-state index in [0.29, 0.717) is 5.56 Å². The number of halogens is 6. The fourth-order valence-electron chi connectivity index (χ4n) is 2.58. The number of nitrogens with zero attached hydrogens (tertiary/aromatic N) is 3. The number of benzene rings is 1. The number of aromatic nitrogens is 3. The van der Waals surface area contributed by atoms with Gasteiger partial charge in [-0.25, -0.2) is 0 Å². The lowest BCUT2D eigenvalue weighted by atomic mass is 10.1. The van der Waals surface area contributed by atoms with Crippen molar-refractivity contribution in [3.63, 3.8) is 0 Å². The van der Waals surface area contributed by atoms with Gasteiger partial charge in [-0.1, -0.05) is 0 Å². The van der Waals surface area contributed by atoms with Gasteiger partial charge in [-0.2, -0.15) is 18.3 Å². The molecule has 0 amide bonds. The summed E-state index contributed by atoms with van der Waals surface area (Å²) in [7, 11) is 1.59. The third kappa shape index (κ3) is 5.33. The molecular weight excluding hydrogens is 420 g/mol. The molecule has 3 rings (SSSR count). The minimum Gasteiger partial charge on any atom is -0.483 e. The second-order valence-corrected chi connectivity index (χ2v) is 6.11. The van der Waals surface area contributed by atoms with Crippen LogP contribution in [0.4, 0.5) is 26.3 Å². The molecule has 0 N–H and O–H groups in total. The van der Waals surface area contributed by atoms with Gasteiger partial charge in [0.15, 0.2) is 6.61 Å². The highest BCUT2D eigenvalue weighted by Gasteiger charge is 2.31. The van der Waals surface area contributed by atoms with Gasteiger partial charge in [-0.15, -0.1) is 13.2 Å². The third-order valence-electron chi connectivity index (χ3n) is 3.77. The van der Waals surface area contributed by atoms with E-state index >= 15 is 0 Å². The summed E-state index contributed by atoms with van der Waals surface area (Å²) in [5.74, 6) is -0.796. The van der Waals surface area contributed by atoms with Crippen molar-refractivity contribution in [3.8, 4) is 28.3 Å². The van der Waals surface area contributed by atoms with Crippen LogP contribution in [-0.4, -0.2) is 33.5 Å². The molecule has 0 saturated heterocycles. The number of alkyl halides is 6. The Labute approximate surface area is 164 Å². The van der Waals surface area contributed by atoms with E-state index in [1.807, 2.05) is 0 Å². The Kier molecular flexibility index (Phi) is 5.51. The normalized spacial score (nSPS) is 12.1. The smallest absolute Gasteiger partial charge is 0.483 e. The largest absolute Gasteiger partial charge is 0.573 e. The van der Waals surface area contributed by atoms with Gasteiger partial charge in [0.25, 0.3) is 5.56 Å². The van der Waals surface area contributed by atoms with E-state index in [1.165, 1.54) is 35.4 Å². The van der Waals surface area contributed by atoms with Crippen LogP contribution in [0.25, 0.3) is 16.8 Å². The van der Waals surface area contributed by atoms with Crippen LogP contribution in [0.15, 0.2) is 53.7 Å². The molecule has 0 unspecified atom stereocenters. The third-order valence-corrected chi connectivity index (χ3v) is 3.77. The summed E-state index contributed by atoms with van der Waals surface area (Å²) in [4.78, 5) is 12.4. The van der Waals surface area contributed by atoms with Crippen molar-refractivity contribution in [1.82, 2.24) is 14.3 Å². The molecule has 0 spiro atoms. The fraction of sp³-hybridized carbons (Fsp3) is 0.222. The fourth-order valence-corrected chi connectivity index (χ4v) is 2.58. The summed E-state index contributed by atoms with van der Waals surface area (Å²) in [6.45, 7) is -1.60. The number of ether oxygens (including phenoxy) is 2. The van der Waals surface area contributed by atoms with Crippen LogP contribution in [-0.2, 0) is 7.05 Å². The number of hydrogen-bond acceptors (Lipinski definition) is 4. The number of rotatable bonds is 5. The van der Waals surface area contributed by atoms with Gasteiger partial charge in [-0.05, 0) is 24.3 Å². The number of aryl methyl sites for hydroxylation is 1. The van der Waals surface area contributed by atoms with Gasteiger partial charge in [0, 0.05) is 42.3 Å². The predicted octanol–water partition coefficient (Wildman–Crippen LogP) is 4.08. The van der Waals surface area contributed by atoms with E-state index in [0.717, 1.165) is 22.8 Å². The summed E-state index contributed by atoms with van der Waals surface area (Å²) in [5, 5.41) is 3.94. The van der Waals surface area contributed by atoms with E-state index in [1.54, 1.807) is 7.05 Å². The highest BCUT2D eigenvalue weighted by atomic mass is 19.4. The van der Waals surface area contributed by atoms with Crippen LogP contribution in [0.5, 0.6) is 11.5 Å². The summed E-state index contributed by atoms with van der Waals surface area (Å²) in [5.41, 5.74) is -0.0608. The molecule has 30 heavy (non-hydrogen) atoms. The van der Waals surface area contributed by atoms with Gasteiger partial charge in [0.2, 0.25) is 0 Å². The Balaban J connectivity index is 2.02. The Hall–Kier alpha value is -3.44. The first-order chi connectivity index (χ1) is 13.9. The molecule has 0 bridgehead atoms. The Morgan fingerprint density at radius 3 is 2.23 bits per heavy atom. The van der Waals surface area contributed by atoms with E-state index < -0.39 is 30.5 Å². The highest BCUT2D eigenvalue weighted by molar-refractivity contribution is 5.68. The minimum atomic E-state index is -4.87. The first kappa shape index (κ1) is 21.3. The van der Waals surface area contributed by atoms with Gasteiger partial charge < -0.3 is 9.47 Å². The molecule has 0 aliphatic carbocycles. The molecule has 12 heteroatoms. The quantitative estimate of drug-likeness (QED) is 0.569. The molecule has 0 atom stereocenters. The van der Waals surface area contributed by atoms with Crippen LogP contribution in [0.1, 0.15) is 0 Å². The standard InChI is InChI=1S/C18H13F6N3O3/c1-26-8-11(7-25-26)14-9-27(16(28)6-15(14)29-10-17(19,20)21)12-2-4-13(5-3-12)30-18(22,23)24/h2-9H,10H2,1H3. The van der Waals surface area contributed by atoms with Crippen LogP contribution >= 0.6 is 0 Å². The Morgan fingerprint density at radius 1 is 1.03 bits per heavy atom. The van der Waals surface area contributed by atoms with Crippen molar-refractivity contribution in [2.24, 2.45) is 7.05 Å². The molecule has 1 aromatic carbocycles. The summed E-state index contributed by atoms with van der Waals surface area (Å²) in [6.07, 6.45) is -5.39. The van der Waals surface area contributed by atoms with E-state index in [-0.39, 0.29) is 17.0 Å². The molecule has 6 nitrogen and oxygen atoms in total. The molecule has 2 aromatic heterocycles. The maximum Gasteiger partial charge on any atom is 0.573 e. The number of hydrogen-bond donors (Lipinski definition) is 0. The lowest BCUT2D eigenvalue weighted by molar-refractivity contribution is -0.274. The molecule has 160 valence electrons. The summed E-state index contributed by atoms with van der Waals surface area (Å²) >= 11 is 0. The SMILES string of the molecule is Cn1cc(-c2cn(-c3ccc(OC(F)(F)F)cc3)c(=O)cc2OCC(F)(F)F)cn1. The van der Waals surface area contributed by atoms with Crippen LogP contribution in [0.3, 0.4) is 0 Å². The predicted molar refractivity (Wildman–Crippen MR) is 92.5 cm³/mol. The lowest BCUT2D eigenvalue weighted by Gasteiger charge is -2.15. The topological polar surface area (TPSA) is 58.3 Å². The van der Waals surface area contributed by atoms with Crippen LogP contribution in [0.2, 0.25) is 0 Å². The van der Waals surface area contributed by atoms with E-state index in [9.17, 15) is 31.1 Å². The first-order valence-corrected chi connectivity index (χ1v) is 8.23. The highest BCUT2D eigenvalue weighted by Crippen LogP contribution is 2.31. The second kappa shape index (κ2) is 7.76. The van der Waals surface area contributed by atoms with Crippen molar-refractivity contribution in [3.05, 3.63) is 59.3 Å². The lowest BCUT2D eigenvalue weighted by Crippen LogP contribution is -2.22. The minimum absolute atomic E-state index is 0.141. The molecule has 0 fully saturated rings. The Morgan fingerprint density at radius 2 is 1.70 bits per heavy atom. The van der Waals surface area contributed by atoms with Gasteiger partial charge in [-0.3, -0.25) is 14.0 Å². The van der Waals surface area contributed by atoms with Crippen molar-refractivity contribution in [2.75, 3.05) is 6.61 Å².